The van der Waals surface area contributed by atoms with Crippen molar-refractivity contribution in [2.45, 2.75) is 32.3 Å². The Morgan fingerprint density at radius 2 is 2.03 bits per heavy atom. The van der Waals surface area contributed by atoms with Crippen molar-refractivity contribution < 1.29 is 9.90 Å². The zero-order valence-electron chi connectivity index (χ0n) is 16.3. The minimum atomic E-state index is -0.536. The van der Waals surface area contributed by atoms with Crippen molar-refractivity contribution in [3.05, 3.63) is 59.1 Å². The molecule has 6 nitrogen and oxygen atoms in total. The van der Waals surface area contributed by atoms with Crippen LogP contribution >= 0.6 is 11.3 Å². The molecule has 2 aromatic heterocycles. The molecule has 0 spiro atoms. The largest absolute Gasteiger partial charge is 0.389 e. The van der Waals surface area contributed by atoms with E-state index in [0.717, 1.165) is 53.3 Å². The number of carbonyl (C=O) groups is 1. The lowest BCUT2D eigenvalue weighted by Gasteiger charge is -2.26. The van der Waals surface area contributed by atoms with Crippen molar-refractivity contribution in [3.8, 4) is 10.6 Å². The smallest absolute Gasteiger partial charge is 0.254 e. The Kier molecular flexibility index (Phi) is 5.87. The van der Waals surface area contributed by atoms with Crippen molar-refractivity contribution in [1.82, 2.24) is 14.9 Å². The number of thiophene rings is 1. The van der Waals surface area contributed by atoms with Gasteiger partial charge in [-0.1, -0.05) is 12.1 Å². The van der Waals surface area contributed by atoms with Gasteiger partial charge in [-0.15, -0.1) is 11.3 Å². The maximum Gasteiger partial charge on any atom is 0.254 e. The molecule has 0 radical (unpaired) electrons. The van der Waals surface area contributed by atoms with E-state index in [1.165, 1.54) is 17.8 Å². The molecule has 1 aromatic carbocycles. The lowest BCUT2D eigenvalue weighted by molar-refractivity contribution is 0.0725. The molecular weight excluding hydrogens is 384 g/mol. The molecule has 1 amide bonds. The van der Waals surface area contributed by atoms with Crippen LogP contribution in [-0.4, -0.2) is 39.0 Å². The van der Waals surface area contributed by atoms with Crippen molar-refractivity contribution in [1.29, 1.82) is 0 Å². The van der Waals surface area contributed by atoms with Gasteiger partial charge in [-0.3, -0.25) is 4.79 Å². The first-order chi connectivity index (χ1) is 14.1. The number of carbonyl (C=O) groups excluding carboxylic acids is 1. The van der Waals surface area contributed by atoms with Gasteiger partial charge in [-0.25, -0.2) is 9.97 Å². The van der Waals surface area contributed by atoms with E-state index in [4.69, 9.17) is 0 Å². The first-order valence-electron chi connectivity index (χ1n) is 9.86. The number of aliphatic hydroxyl groups is 1. The third-order valence-electron chi connectivity index (χ3n) is 5.02. The second kappa shape index (κ2) is 8.71. The van der Waals surface area contributed by atoms with Gasteiger partial charge in [-0.05, 0) is 56.0 Å². The summed E-state index contributed by atoms with van der Waals surface area (Å²) in [7, 11) is 0. The zero-order chi connectivity index (χ0) is 20.2. The minimum Gasteiger partial charge on any atom is -0.389 e. The van der Waals surface area contributed by atoms with Crippen LogP contribution in [0.1, 0.15) is 48.2 Å². The summed E-state index contributed by atoms with van der Waals surface area (Å²) in [5.41, 5.74) is 3.14. The van der Waals surface area contributed by atoms with Crippen LogP contribution in [0.3, 0.4) is 0 Å². The molecule has 150 valence electrons. The SMILES string of the molecule is CC(O)c1cccc(Nc2nccc(-c3cc(C(=O)N4CCCCC4)cs3)n2)c1. The maximum absolute atomic E-state index is 12.7. The van der Waals surface area contributed by atoms with Gasteiger partial charge in [-0.2, -0.15) is 0 Å². The van der Waals surface area contributed by atoms with Crippen molar-refractivity contribution in [2.75, 3.05) is 18.4 Å². The number of amides is 1. The van der Waals surface area contributed by atoms with E-state index < -0.39 is 6.10 Å². The number of anilines is 2. The lowest BCUT2D eigenvalue weighted by Crippen LogP contribution is -2.35. The Morgan fingerprint density at radius 1 is 1.21 bits per heavy atom. The molecule has 0 aliphatic carbocycles. The molecule has 2 N–H and O–H groups in total. The summed E-state index contributed by atoms with van der Waals surface area (Å²) in [6.45, 7) is 3.42. The fourth-order valence-electron chi connectivity index (χ4n) is 3.42. The fourth-order valence-corrected chi connectivity index (χ4v) is 4.28. The predicted octanol–water partition coefficient (Wildman–Crippen LogP) is 4.63. The van der Waals surface area contributed by atoms with Crippen LogP contribution in [0.4, 0.5) is 11.6 Å². The topological polar surface area (TPSA) is 78.3 Å². The van der Waals surface area contributed by atoms with E-state index in [9.17, 15) is 9.90 Å². The van der Waals surface area contributed by atoms with Gasteiger partial charge in [0.25, 0.3) is 5.91 Å². The molecule has 3 aromatic rings. The first-order valence-corrected chi connectivity index (χ1v) is 10.7. The van der Waals surface area contributed by atoms with E-state index in [1.54, 1.807) is 13.1 Å². The molecule has 4 rings (SSSR count). The number of benzene rings is 1. The summed E-state index contributed by atoms with van der Waals surface area (Å²) in [5, 5.41) is 14.9. The molecule has 7 heteroatoms. The summed E-state index contributed by atoms with van der Waals surface area (Å²) >= 11 is 1.52. The zero-order valence-corrected chi connectivity index (χ0v) is 17.2. The summed E-state index contributed by atoms with van der Waals surface area (Å²) in [5.74, 6) is 0.581. The van der Waals surface area contributed by atoms with Crippen LogP contribution in [0.15, 0.2) is 48.0 Å². The van der Waals surface area contributed by atoms with E-state index >= 15 is 0 Å². The van der Waals surface area contributed by atoms with Crippen LogP contribution < -0.4 is 5.32 Å². The molecule has 1 saturated heterocycles. The summed E-state index contributed by atoms with van der Waals surface area (Å²) < 4.78 is 0. The van der Waals surface area contributed by atoms with Crippen LogP contribution in [0.2, 0.25) is 0 Å². The Hall–Kier alpha value is -2.77. The van der Waals surface area contributed by atoms with Crippen molar-refractivity contribution >= 4 is 28.9 Å². The monoisotopic (exact) mass is 408 g/mol. The van der Waals surface area contributed by atoms with Gasteiger partial charge in [0, 0.05) is 30.4 Å². The number of nitrogens with one attached hydrogen (secondary N) is 1. The summed E-state index contributed by atoms with van der Waals surface area (Å²) in [4.78, 5) is 24.5. The molecule has 3 heterocycles. The number of piperidine rings is 1. The molecule has 1 atom stereocenters. The Balaban J connectivity index is 1.51. The second-order valence-corrected chi connectivity index (χ2v) is 8.16. The quantitative estimate of drug-likeness (QED) is 0.644. The van der Waals surface area contributed by atoms with Crippen molar-refractivity contribution in [3.63, 3.8) is 0 Å². The van der Waals surface area contributed by atoms with Gasteiger partial charge in [0.1, 0.15) is 0 Å². The average Bonchev–Trinajstić information content (AvgIpc) is 3.24. The third kappa shape index (κ3) is 4.63. The molecule has 1 aliphatic rings. The molecule has 0 bridgehead atoms. The molecular formula is C22H24N4O2S. The maximum atomic E-state index is 12.7. The van der Waals surface area contributed by atoms with Crippen LogP contribution in [0.5, 0.6) is 0 Å². The number of hydrogen-bond donors (Lipinski definition) is 2. The predicted molar refractivity (Wildman–Crippen MR) is 115 cm³/mol. The molecule has 29 heavy (non-hydrogen) atoms. The Labute approximate surface area is 174 Å². The van der Waals surface area contributed by atoms with Gasteiger partial charge >= 0.3 is 0 Å². The van der Waals surface area contributed by atoms with Crippen LogP contribution in [-0.2, 0) is 0 Å². The first kappa shape index (κ1) is 19.5. The minimum absolute atomic E-state index is 0.106. The Morgan fingerprint density at radius 3 is 2.83 bits per heavy atom. The molecule has 1 unspecified atom stereocenters. The standard InChI is InChI=1S/C22H24N4O2S/c1-15(27)16-6-5-7-18(12-16)24-22-23-9-8-19(25-22)20-13-17(14-29-20)21(28)26-10-3-2-4-11-26/h5-9,12-15,27H,2-4,10-11H2,1H3,(H,23,24,25). The molecule has 1 fully saturated rings. The highest BCUT2D eigenvalue weighted by Crippen LogP contribution is 2.28. The summed E-state index contributed by atoms with van der Waals surface area (Å²) in [6.07, 6.45) is 4.54. The molecule has 0 saturated carbocycles. The number of rotatable bonds is 5. The van der Waals surface area contributed by atoms with Gasteiger partial charge in [0.15, 0.2) is 0 Å². The molecule has 1 aliphatic heterocycles. The highest BCUT2D eigenvalue weighted by molar-refractivity contribution is 7.13. The van der Waals surface area contributed by atoms with Gasteiger partial charge < -0.3 is 15.3 Å². The summed E-state index contributed by atoms with van der Waals surface area (Å²) in [6, 6.07) is 11.3. The number of hydrogen-bond acceptors (Lipinski definition) is 6. The van der Waals surface area contributed by atoms with E-state index in [2.05, 4.69) is 15.3 Å². The van der Waals surface area contributed by atoms with Crippen LogP contribution in [0, 0.1) is 0 Å². The van der Waals surface area contributed by atoms with Crippen molar-refractivity contribution in [2.24, 2.45) is 0 Å². The number of nitrogens with zero attached hydrogens (tertiary/aromatic N) is 3. The normalized spacial score (nSPS) is 15.2. The number of aliphatic hydroxyl groups excluding tert-OH is 1. The van der Waals surface area contributed by atoms with Gasteiger partial charge in [0.2, 0.25) is 5.95 Å². The van der Waals surface area contributed by atoms with E-state index in [0.29, 0.717) is 5.95 Å². The Bertz CT molecular complexity index is 996. The van der Waals surface area contributed by atoms with E-state index in [1.807, 2.05) is 46.7 Å². The number of likely N-dealkylation sites (tertiary alicyclic amines) is 1. The van der Waals surface area contributed by atoms with E-state index in [-0.39, 0.29) is 5.91 Å². The third-order valence-corrected chi connectivity index (χ3v) is 5.98. The number of aromatic nitrogens is 2. The van der Waals surface area contributed by atoms with Crippen LogP contribution in [0.25, 0.3) is 10.6 Å². The highest BCUT2D eigenvalue weighted by atomic mass is 32.1. The lowest BCUT2D eigenvalue weighted by atomic mass is 10.1. The fraction of sp³-hybridized carbons (Fsp3) is 0.318. The average molecular weight is 409 g/mol. The van der Waals surface area contributed by atoms with Gasteiger partial charge in [0.05, 0.1) is 22.2 Å². The second-order valence-electron chi connectivity index (χ2n) is 7.24. The highest BCUT2D eigenvalue weighted by Gasteiger charge is 2.20.